The number of nitrogens with zero attached hydrogens (tertiary/aromatic N) is 1. The van der Waals surface area contributed by atoms with Crippen LogP contribution in [-0.4, -0.2) is 39.9 Å². The largest absolute Gasteiger partial charge is 0.381 e. The third-order valence-electron chi connectivity index (χ3n) is 4.17. The minimum atomic E-state index is -0.188. The van der Waals surface area contributed by atoms with Crippen LogP contribution in [0.5, 0.6) is 0 Å². The molecule has 0 aromatic heterocycles. The molecule has 21 heavy (non-hydrogen) atoms. The first kappa shape index (κ1) is 16.2. The average Bonchev–Trinajstić information content (AvgIpc) is 2.49. The summed E-state index contributed by atoms with van der Waals surface area (Å²) in [6.07, 6.45) is 3.44. The Morgan fingerprint density at radius 3 is 2.71 bits per heavy atom. The van der Waals surface area contributed by atoms with Gasteiger partial charge in [0.15, 0.2) is 0 Å². The Labute approximate surface area is 127 Å². The molecule has 1 unspecified atom stereocenters. The second kappa shape index (κ2) is 7.76. The van der Waals surface area contributed by atoms with E-state index in [0.29, 0.717) is 0 Å². The lowest BCUT2D eigenvalue weighted by Crippen LogP contribution is -2.48. The minimum Gasteiger partial charge on any atom is -0.381 e. The van der Waals surface area contributed by atoms with Gasteiger partial charge in [0.2, 0.25) is 0 Å². The predicted octanol–water partition coefficient (Wildman–Crippen LogP) is 3.06. The molecule has 0 radical (unpaired) electrons. The smallest absolute Gasteiger partial charge is 0.123 e. The molecule has 0 spiro atoms. The van der Waals surface area contributed by atoms with E-state index < -0.39 is 0 Å². The highest BCUT2D eigenvalue weighted by Gasteiger charge is 2.33. The minimum absolute atomic E-state index is 0.149. The summed E-state index contributed by atoms with van der Waals surface area (Å²) in [7, 11) is 2.07. The van der Waals surface area contributed by atoms with Gasteiger partial charge < -0.3 is 15.0 Å². The second-order valence-corrected chi connectivity index (χ2v) is 6.17. The van der Waals surface area contributed by atoms with Crippen LogP contribution in [0, 0.1) is 11.2 Å². The Morgan fingerprint density at radius 2 is 2.10 bits per heavy atom. The molecule has 1 aliphatic heterocycles. The van der Waals surface area contributed by atoms with Crippen molar-refractivity contribution < 1.29 is 9.13 Å². The van der Waals surface area contributed by atoms with Gasteiger partial charge in [-0.2, -0.15) is 0 Å². The topological polar surface area (TPSA) is 24.5 Å². The van der Waals surface area contributed by atoms with Crippen LogP contribution >= 0.6 is 0 Å². The Bertz CT molecular complexity index is 415. The van der Waals surface area contributed by atoms with E-state index in [4.69, 9.17) is 4.74 Å². The van der Waals surface area contributed by atoms with Gasteiger partial charge in [0.05, 0.1) is 6.61 Å². The molecular formula is C17H27FN2O. The molecule has 1 atom stereocenters. The summed E-state index contributed by atoms with van der Waals surface area (Å²) in [6.45, 7) is 6.80. The third kappa shape index (κ3) is 4.68. The number of benzene rings is 1. The van der Waals surface area contributed by atoms with E-state index in [1.165, 1.54) is 18.6 Å². The highest BCUT2D eigenvalue weighted by Crippen LogP contribution is 2.30. The summed E-state index contributed by atoms with van der Waals surface area (Å²) in [5.74, 6) is -0.188. The van der Waals surface area contributed by atoms with Crippen LogP contribution < -0.4 is 10.2 Å². The van der Waals surface area contributed by atoms with Crippen LogP contribution in [0.25, 0.3) is 0 Å². The second-order valence-electron chi connectivity index (χ2n) is 6.17. The standard InChI is InChI=1S/C17H27FN2O/c1-3-10-19-12-17(9-4-11-21-14-17)13-20(2)16-7-5-15(18)6-8-16/h5-8,19H,3-4,9-14H2,1-2H3. The van der Waals surface area contributed by atoms with E-state index in [1.807, 2.05) is 12.1 Å². The van der Waals surface area contributed by atoms with Crippen LogP contribution in [0.15, 0.2) is 24.3 Å². The molecule has 2 rings (SSSR count). The van der Waals surface area contributed by atoms with Crippen molar-refractivity contribution in [1.29, 1.82) is 0 Å². The molecule has 4 heteroatoms. The molecule has 0 bridgehead atoms. The molecule has 1 N–H and O–H groups in total. The first-order valence-electron chi connectivity index (χ1n) is 7.90. The lowest BCUT2D eigenvalue weighted by atomic mass is 9.81. The lowest BCUT2D eigenvalue weighted by Gasteiger charge is -2.40. The summed E-state index contributed by atoms with van der Waals surface area (Å²) in [4.78, 5) is 2.21. The van der Waals surface area contributed by atoms with Crippen molar-refractivity contribution in [2.45, 2.75) is 26.2 Å². The van der Waals surface area contributed by atoms with E-state index in [1.54, 1.807) is 0 Å². The van der Waals surface area contributed by atoms with Crippen LogP contribution in [0.1, 0.15) is 26.2 Å². The number of hydrogen-bond acceptors (Lipinski definition) is 3. The summed E-state index contributed by atoms with van der Waals surface area (Å²) in [6, 6.07) is 6.72. The van der Waals surface area contributed by atoms with Crippen molar-refractivity contribution in [1.82, 2.24) is 5.32 Å². The fourth-order valence-corrected chi connectivity index (χ4v) is 3.05. The molecule has 1 fully saturated rings. The molecule has 1 aromatic carbocycles. The van der Waals surface area contributed by atoms with Crippen LogP contribution in [-0.2, 0) is 4.74 Å². The van der Waals surface area contributed by atoms with Crippen molar-refractivity contribution in [3.63, 3.8) is 0 Å². The molecule has 0 aliphatic carbocycles. The maximum atomic E-state index is 13.0. The van der Waals surface area contributed by atoms with Gasteiger partial charge in [-0.3, -0.25) is 0 Å². The van der Waals surface area contributed by atoms with E-state index >= 15 is 0 Å². The fourth-order valence-electron chi connectivity index (χ4n) is 3.05. The van der Waals surface area contributed by atoms with Crippen LogP contribution in [0.3, 0.4) is 0 Å². The van der Waals surface area contributed by atoms with Gasteiger partial charge in [-0.15, -0.1) is 0 Å². The maximum Gasteiger partial charge on any atom is 0.123 e. The molecule has 1 heterocycles. The zero-order valence-electron chi connectivity index (χ0n) is 13.2. The highest BCUT2D eigenvalue weighted by molar-refractivity contribution is 5.45. The summed E-state index contributed by atoms with van der Waals surface area (Å²) >= 11 is 0. The van der Waals surface area contributed by atoms with Gasteiger partial charge in [0.1, 0.15) is 5.82 Å². The third-order valence-corrected chi connectivity index (χ3v) is 4.17. The van der Waals surface area contributed by atoms with Gasteiger partial charge in [-0.25, -0.2) is 4.39 Å². The van der Waals surface area contributed by atoms with E-state index in [2.05, 4.69) is 24.2 Å². The summed E-state index contributed by atoms with van der Waals surface area (Å²) < 4.78 is 18.8. The SMILES string of the molecule is CCCNCC1(CN(C)c2ccc(F)cc2)CCCOC1. The number of halogens is 1. The Balaban J connectivity index is 2.01. The van der Waals surface area contributed by atoms with Crippen molar-refractivity contribution in [2.75, 3.05) is 44.8 Å². The Kier molecular flexibility index (Phi) is 6.00. The highest BCUT2D eigenvalue weighted by atomic mass is 19.1. The van der Waals surface area contributed by atoms with Crippen molar-refractivity contribution >= 4 is 5.69 Å². The molecule has 1 aromatic rings. The average molecular weight is 294 g/mol. The first-order valence-corrected chi connectivity index (χ1v) is 7.90. The monoisotopic (exact) mass is 294 g/mol. The van der Waals surface area contributed by atoms with Gasteiger partial charge in [-0.05, 0) is 50.1 Å². The quantitative estimate of drug-likeness (QED) is 0.782. The number of nitrogens with one attached hydrogen (secondary N) is 1. The van der Waals surface area contributed by atoms with Crippen molar-refractivity contribution in [2.24, 2.45) is 5.41 Å². The number of hydrogen-bond donors (Lipinski definition) is 1. The van der Waals surface area contributed by atoms with Gasteiger partial charge in [-0.1, -0.05) is 6.92 Å². The summed E-state index contributed by atoms with van der Waals surface area (Å²) in [5.41, 5.74) is 1.20. The molecule has 1 saturated heterocycles. The Hall–Kier alpha value is -1.13. The number of ether oxygens (including phenoxy) is 1. The predicted molar refractivity (Wildman–Crippen MR) is 85.3 cm³/mol. The van der Waals surface area contributed by atoms with E-state index in [-0.39, 0.29) is 11.2 Å². The zero-order chi connectivity index (χ0) is 15.1. The normalized spacial score (nSPS) is 22.2. The van der Waals surface area contributed by atoms with Crippen LogP contribution in [0.2, 0.25) is 0 Å². The molecule has 1 aliphatic rings. The Morgan fingerprint density at radius 1 is 1.33 bits per heavy atom. The number of rotatable bonds is 7. The number of anilines is 1. The van der Waals surface area contributed by atoms with Gasteiger partial charge in [0.25, 0.3) is 0 Å². The molecule has 3 nitrogen and oxygen atoms in total. The molecule has 118 valence electrons. The van der Waals surface area contributed by atoms with Crippen molar-refractivity contribution in [3.05, 3.63) is 30.1 Å². The van der Waals surface area contributed by atoms with E-state index in [9.17, 15) is 4.39 Å². The van der Waals surface area contributed by atoms with Gasteiger partial charge >= 0.3 is 0 Å². The fraction of sp³-hybridized carbons (Fsp3) is 0.647. The summed E-state index contributed by atoms with van der Waals surface area (Å²) in [5, 5.41) is 3.54. The van der Waals surface area contributed by atoms with Gasteiger partial charge in [0, 0.05) is 37.8 Å². The van der Waals surface area contributed by atoms with Crippen LogP contribution in [0.4, 0.5) is 10.1 Å². The lowest BCUT2D eigenvalue weighted by molar-refractivity contribution is -0.00264. The van der Waals surface area contributed by atoms with Crippen molar-refractivity contribution in [3.8, 4) is 0 Å². The maximum absolute atomic E-state index is 13.0. The van der Waals surface area contributed by atoms with E-state index in [0.717, 1.165) is 51.4 Å². The first-order chi connectivity index (χ1) is 10.2. The zero-order valence-corrected chi connectivity index (χ0v) is 13.2. The molecule has 0 saturated carbocycles. The molecule has 0 amide bonds. The molecular weight excluding hydrogens is 267 g/mol.